The Morgan fingerprint density at radius 1 is 1.24 bits per heavy atom. The smallest absolute Gasteiger partial charge is 0.151 e. The first-order chi connectivity index (χ1) is 9.78. The summed E-state index contributed by atoms with van der Waals surface area (Å²) >= 11 is 0. The number of sulfone groups is 1. The molecule has 1 unspecified atom stereocenters. The maximum atomic E-state index is 11.6. The van der Waals surface area contributed by atoms with Crippen molar-refractivity contribution in [3.63, 3.8) is 0 Å². The van der Waals surface area contributed by atoms with E-state index in [4.69, 9.17) is 0 Å². The highest BCUT2D eigenvalue weighted by Gasteiger charge is 2.31. The lowest BCUT2D eigenvalue weighted by atomic mass is 10.1. The minimum atomic E-state index is -2.90. The highest BCUT2D eigenvalue weighted by Crippen LogP contribution is 2.27. The monoisotopic (exact) mass is 311 g/mol. The van der Waals surface area contributed by atoms with Gasteiger partial charge in [0.1, 0.15) is 5.82 Å². The van der Waals surface area contributed by atoms with E-state index in [-0.39, 0.29) is 17.4 Å². The van der Waals surface area contributed by atoms with Gasteiger partial charge in [0.15, 0.2) is 9.84 Å². The second kappa shape index (κ2) is 6.40. The maximum absolute atomic E-state index is 11.6. The van der Waals surface area contributed by atoms with Crippen molar-refractivity contribution in [2.75, 3.05) is 18.1 Å². The van der Waals surface area contributed by atoms with Gasteiger partial charge in [-0.05, 0) is 32.7 Å². The predicted molar refractivity (Wildman–Crippen MR) is 84.1 cm³/mol. The number of nitrogens with zero attached hydrogens (tertiary/aromatic N) is 2. The number of aromatic nitrogens is 2. The highest BCUT2D eigenvalue weighted by molar-refractivity contribution is 7.91. The minimum Gasteiger partial charge on any atom is -0.312 e. The van der Waals surface area contributed by atoms with Crippen molar-refractivity contribution in [1.29, 1.82) is 0 Å². The fourth-order valence-corrected chi connectivity index (χ4v) is 4.43. The molecule has 6 heteroatoms. The molecule has 0 spiro atoms. The summed E-state index contributed by atoms with van der Waals surface area (Å²) < 4.78 is 23.2. The van der Waals surface area contributed by atoms with Crippen LogP contribution < -0.4 is 5.32 Å². The minimum absolute atomic E-state index is 0.0370. The molecular weight excluding hydrogens is 286 g/mol. The van der Waals surface area contributed by atoms with Crippen LogP contribution in [0.3, 0.4) is 0 Å². The van der Waals surface area contributed by atoms with Crippen LogP contribution in [0.15, 0.2) is 0 Å². The van der Waals surface area contributed by atoms with E-state index in [9.17, 15) is 8.42 Å². The second-order valence-electron chi connectivity index (χ2n) is 6.36. The molecule has 0 bridgehead atoms. The van der Waals surface area contributed by atoms with Gasteiger partial charge in [-0.25, -0.2) is 18.4 Å². The summed E-state index contributed by atoms with van der Waals surface area (Å²) in [6.07, 6.45) is 0.645. The van der Waals surface area contributed by atoms with Crippen molar-refractivity contribution in [1.82, 2.24) is 15.3 Å². The fraction of sp³-hybridized carbons (Fsp3) is 0.733. The Morgan fingerprint density at radius 2 is 1.86 bits per heavy atom. The van der Waals surface area contributed by atoms with Crippen molar-refractivity contribution >= 4 is 9.84 Å². The summed E-state index contributed by atoms with van der Waals surface area (Å²) in [5, 5.41) is 3.41. The first-order valence-electron chi connectivity index (χ1n) is 7.53. The van der Waals surface area contributed by atoms with Gasteiger partial charge in [0.05, 0.1) is 11.5 Å². The molecule has 1 saturated heterocycles. The molecule has 1 aromatic heterocycles. The normalized spacial score (nSPS) is 21.1. The summed E-state index contributed by atoms with van der Waals surface area (Å²) in [6.45, 7) is 10.0. The molecule has 5 nitrogen and oxygen atoms in total. The van der Waals surface area contributed by atoms with Crippen molar-refractivity contribution < 1.29 is 8.42 Å². The van der Waals surface area contributed by atoms with Crippen LogP contribution in [0.4, 0.5) is 0 Å². The van der Waals surface area contributed by atoms with Crippen LogP contribution in [0, 0.1) is 19.8 Å². The van der Waals surface area contributed by atoms with Gasteiger partial charge in [0.2, 0.25) is 0 Å². The largest absolute Gasteiger partial charge is 0.312 e. The second-order valence-corrected chi connectivity index (χ2v) is 8.58. The Morgan fingerprint density at radius 3 is 2.33 bits per heavy atom. The molecule has 118 valence electrons. The standard InChI is InChI=1S/C15H25N3O2S/c1-10(2)7-16-8-14-11(3)17-15(18-12(14)4)13-5-6-21(19,20)9-13/h10,13,16H,5-9H2,1-4H3. The summed E-state index contributed by atoms with van der Waals surface area (Å²) in [6, 6.07) is 0. The van der Waals surface area contributed by atoms with Gasteiger partial charge in [-0.1, -0.05) is 13.8 Å². The number of nitrogens with one attached hydrogen (secondary N) is 1. The van der Waals surface area contributed by atoms with Crippen molar-refractivity contribution in [3.05, 3.63) is 22.8 Å². The van der Waals surface area contributed by atoms with Crippen LogP contribution >= 0.6 is 0 Å². The topological polar surface area (TPSA) is 72.0 Å². The van der Waals surface area contributed by atoms with Crippen molar-refractivity contribution in [3.8, 4) is 0 Å². The first-order valence-corrected chi connectivity index (χ1v) is 9.36. The van der Waals surface area contributed by atoms with Gasteiger partial charge in [-0.15, -0.1) is 0 Å². The average molecular weight is 311 g/mol. The van der Waals surface area contributed by atoms with Crippen LogP contribution in [0.25, 0.3) is 0 Å². The SMILES string of the molecule is Cc1nc(C2CCS(=O)(=O)C2)nc(C)c1CNCC(C)C. The molecule has 0 amide bonds. The number of aryl methyl sites for hydroxylation is 2. The van der Waals surface area contributed by atoms with Crippen LogP contribution in [0.2, 0.25) is 0 Å². The maximum Gasteiger partial charge on any atom is 0.151 e. The molecule has 1 aromatic rings. The molecule has 2 heterocycles. The van der Waals surface area contributed by atoms with E-state index in [0.29, 0.717) is 18.2 Å². The van der Waals surface area contributed by atoms with Crippen LogP contribution in [0.1, 0.15) is 49.0 Å². The lowest BCUT2D eigenvalue weighted by molar-refractivity contribution is 0.548. The van der Waals surface area contributed by atoms with E-state index in [1.165, 1.54) is 0 Å². The molecule has 1 aliphatic rings. The highest BCUT2D eigenvalue weighted by atomic mass is 32.2. The Hall–Kier alpha value is -1.01. The Bertz CT molecular complexity index is 588. The summed E-state index contributed by atoms with van der Waals surface area (Å²) in [4.78, 5) is 9.13. The molecule has 1 fully saturated rings. The van der Waals surface area contributed by atoms with Crippen molar-refractivity contribution in [2.45, 2.75) is 46.6 Å². The lowest BCUT2D eigenvalue weighted by Crippen LogP contribution is -2.21. The third-order valence-corrected chi connectivity index (χ3v) is 5.66. The van der Waals surface area contributed by atoms with Gasteiger partial charge >= 0.3 is 0 Å². The van der Waals surface area contributed by atoms with Crippen molar-refractivity contribution in [2.24, 2.45) is 5.92 Å². The quantitative estimate of drug-likeness (QED) is 0.897. The van der Waals surface area contributed by atoms with Crippen LogP contribution in [-0.2, 0) is 16.4 Å². The van der Waals surface area contributed by atoms with Gasteiger partial charge in [0.25, 0.3) is 0 Å². The molecule has 1 aliphatic heterocycles. The zero-order valence-corrected chi connectivity index (χ0v) is 14.1. The third kappa shape index (κ3) is 4.23. The molecular formula is C15H25N3O2S. The lowest BCUT2D eigenvalue weighted by Gasteiger charge is -2.14. The summed E-state index contributed by atoms with van der Waals surface area (Å²) in [5.41, 5.74) is 3.04. The van der Waals surface area contributed by atoms with E-state index in [1.807, 2.05) is 13.8 Å². The molecule has 0 saturated carbocycles. The first kappa shape index (κ1) is 16.4. The fourth-order valence-electron chi connectivity index (χ4n) is 2.69. The third-order valence-electron chi connectivity index (χ3n) is 3.89. The molecule has 1 atom stereocenters. The molecule has 2 rings (SSSR count). The van der Waals surface area contributed by atoms with Crippen LogP contribution in [0.5, 0.6) is 0 Å². The Balaban J connectivity index is 2.13. The Kier molecular flexibility index (Phi) is 4.99. The van der Waals surface area contributed by atoms with Gasteiger partial charge in [-0.3, -0.25) is 0 Å². The van der Waals surface area contributed by atoms with E-state index >= 15 is 0 Å². The van der Waals surface area contributed by atoms with E-state index in [2.05, 4.69) is 29.1 Å². The average Bonchev–Trinajstić information content (AvgIpc) is 2.72. The molecule has 0 aromatic carbocycles. The molecule has 0 radical (unpaired) electrons. The van der Waals surface area contributed by atoms with Gasteiger partial charge in [0, 0.05) is 29.4 Å². The summed E-state index contributed by atoms with van der Waals surface area (Å²) in [7, 11) is -2.90. The van der Waals surface area contributed by atoms with E-state index < -0.39 is 9.84 Å². The molecule has 0 aliphatic carbocycles. The molecule has 1 N–H and O–H groups in total. The van der Waals surface area contributed by atoms with E-state index in [1.54, 1.807) is 0 Å². The predicted octanol–water partition coefficient (Wildman–Crippen LogP) is 1.74. The zero-order valence-electron chi connectivity index (χ0n) is 13.3. The Labute approximate surface area is 127 Å². The van der Waals surface area contributed by atoms with Gasteiger partial charge in [-0.2, -0.15) is 0 Å². The molecule has 21 heavy (non-hydrogen) atoms. The zero-order chi connectivity index (χ0) is 15.6. The number of hydrogen-bond acceptors (Lipinski definition) is 5. The van der Waals surface area contributed by atoms with Gasteiger partial charge < -0.3 is 5.32 Å². The summed E-state index contributed by atoms with van der Waals surface area (Å²) in [5.74, 6) is 1.71. The number of hydrogen-bond donors (Lipinski definition) is 1. The van der Waals surface area contributed by atoms with Crippen LogP contribution in [-0.4, -0.2) is 36.4 Å². The van der Waals surface area contributed by atoms with E-state index in [0.717, 1.165) is 30.0 Å². The number of rotatable bonds is 5.